The fourth-order valence-electron chi connectivity index (χ4n) is 3.09. The molecule has 0 aromatic heterocycles. The van der Waals surface area contributed by atoms with Crippen molar-refractivity contribution in [3.63, 3.8) is 0 Å². The molecule has 0 unspecified atom stereocenters. The summed E-state index contributed by atoms with van der Waals surface area (Å²) < 4.78 is 21.9. The van der Waals surface area contributed by atoms with Crippen molar-refractivity contribution in [2.45, 2.75) is 52.8 Å². The highest BCUT2D eigenvalue weighted by Crippen LogP contribution is 2.26. The maximum absolute atomic E-state index is 12.9. The molecule has 0 aliphatic heterocycles. The van der Waals surface area contributed by atoms with Crippen molar-refractivity contribution in [3.8, 4) is 5.75 Å². The molecule has 0 saturated heterocycles. The normalized spacial score (nSPS) is 13.5. The maximum atomic E-state index is 12.9. The molecule has 6 nitrogen and oxygen atoms in total. The zero-order valence-corrected chi connectivity index (χ0v) is 18.0. The van der Waals surface area contributed by atoms with Gasteiger partial charge >= 0.3 is 6.09 Å². The first-order chi connectivity index (χ1) is 13.5. The fraction of sp³-hybridized carbons (Fsp3) is 0.591. The van der Waals surface area contributed by atoms with E-state index < -0.39 is 0 Å². The topological polar surface area (TPSA) is 57.2 Å². The van der Waals surface area contributed by atoms with Crippen LogP contribution in [0, 0.1) is 5.92 Å². The first kappa shape index (κ1) is 24.0. The number of ether oxygens (including phenoxy) is 4. The minimum absolute atomic E-state index is 0.148. The van der Waals surface area contributed by atoms with E-state index in [1.54, 1.807) is 19.1 Å². The number of methoxy groups -OCH3 is 2. The number of carbonyl (C=O) groups is 1. The number of hydrogen-bond acceptors (Lipinski definition) is 5. The van der Waals surface area contributed by atoms with Crippen LogP contribution in [0.1, 0.15) is 39.7 Å². The van der Waals surface area contributed by atoms with Gasteiger partial charge in [-0.25, -0.2) is 4.79 Å². The second-order valence-corrected chi connectivity index (χ2v) is 6.90. The molecule has 0 spiro atoms. The van der Waals surface area contributed by atoms with E-state index in [1.807, 2.05) is 50.3 Å². The first-order valence-corrected chi connectivity index (χ1v) is 9.77. The molecule has 0 N–H and O–H groups in total. The number of hydrogen-bond donors (Lipinski definition) is 0. The SMILES string of the molecule is C/C=C/[C@H](OCOC)[C@H](CC(C)C)N(Cc1ccccc1OC)C(=O)OCC. The Balaban J connectivity index is 3.30. The number of amides is 1. The molecule has 1 aromatic carbocycles. The molecular weight excluding hydrogens is 358 g/mol. The van der Waals surface area contributed by atoms with Crippen LogP contribution >= 0.6 is 0 Å². The third-order valence-electron chi connectivity index (χ3n) is 4.29. The van der Waals surface area contributed by atoms with Gasteiger partial charge in [0.15, 0.2) is 0 Å². The van der Waals surface area contributed by atoms with Crippen molar-refractivity contribution in [1.29, 1.82) is 0 Å². The minimum atomic E-state index is -0.366. The van der Waals surface area contributed by atoms with Crippen LogP contribution in [0.4, 0.5) is 4.79 Å². The van der Waals surface area contributed by atoms with Gasteiger partial charge in [-0.3, -0.25) is 4.90 Å². The van der Waals surface area contributed by atoms with Crippen molar-refractivity contribution in [1.82, 2.24) is 4.90 Å². The van der Waals surface area contributed by atoms with Gasteiger partial charge in [0.25, 0.3) is 0 Å². The minimum Gasteiger partial charge on any atom is -0.496 e. The van der Waals surface area contributed by atoms with Crippen molar-refractivity contribution in [2.75, 3.05) is 27.6 Å². The molecule has 1 amide bonds. The molecule has 158 valence electrons. The smallest absolute Gasteiger partial charge is 0.410 e. The predicted molar refractivity (Wildman–Crippen MR) is 110 cm³/mol. The van der Waals surface area contributed by atoms with E-state index in [1.165, 1.54) is 0 Å². The quantitative estimate of drug-likeness (QED) is 0.383. The van der Waals surface area contributed by atoms with E-state index in [-0.39, 0.29) is 25.0 Å². The number of rotatable bonds is 12. The molecular formula is C22H35NO5. The third-order valence-corrected chi connectivity index (χ3v) is 4.29. The number of allylic oxidation sites excluding steroid dienone is 1. The van der Waals surface area contributed by atoms with E-state index in [9.17, 15) is 4.79 Å². The Morgan fingerprint density at radius 3 is 2.50 bits per heavy atom. The lowest BCUT2D eigenvalue weighted by molar-refractivity contribution is -0.0835. The number of benzene rings is 1. The molecule has 6 heteroatoms. The summed E-state index contributed by atoms with van der Waals surface area (Å²) in [7, 11) is 3.21. The molecule has 0 heterocycles. The van der Waals surface area contributed by atoms with E-state index in [0.717, 1.165) is 17.7 Å². The monoisotopic (exact) mass is 393 g/mol. The average molecular weight is 394 g/mol. The van der Waals surface area contributed by atoms with Crippen LogP contribution in [-0.4, -0.2) is 50.8 Å². The van der Waals surface area contributed by atoms with E-state index >= 15 is 0 Å². The Bertz CT molecular complexity index is 602. The Labute approximate surface area is 169 Å². The summed E-state index contributed by atoms with van der Waals surface area (Å²) in [5, 5.41) is 0. The molecule has 0 fully saturated rings. The molecule has 2 atom stereocenters. The molecule has 1 aromatic rings. The first-order valence-electron chi connectivity index (χ1n) is 9.77. The average Bonchev–Trinajstić information content (AvgIpc) is 2.68. The van der Waals surface area contributed by atoms with Crippen LogP contribution in [0.15, 0.2) is 36.4 Å². The van der Waals surface area contributed by atoms with Crippen LogP contribution in [-0.2, 0) is 20.8 Å². The summed E-state index contributed by atoms with van der Waals surface area (Å²) in [5.41, 5.74) is 0.915. The van der Waals surface area contributed by atoms with Gasteiger partial charge in [-0.15, -0.1) is 0 Å². The highest BCUT2D eigenvalue weighted by atomic mass is 16.7. The lowest BCUT2D eigenvalue weighted by Crippen LogP contribution is -2.48. The number of nitrogens with zero attached hydrogens (tertiary/aromatic N) is 1. The molecule has 28 heavy (non-hydrogen) atoms. The number of para-hydroxylation sites is 1. The van der Waals surface area contributed by atoms with Crippen LogP contribution in [0.2, 0.25) is 0 Å². The summed E-state index contributed by atoms with van der Waals surface area (Å²) >= 11 is 0. The lowest BCUT2D eigenvalue weighted by atomic mass is 9.96. The van der Waals surface area contributed by atoms with Gasteiger partial charge in [-0.2, -0.15) is 0 Å². The molecule has 0 saturated carbocycles. The van der Waals surface area contributed by atoms with Gasteiger partial charge in [0.1, 0.15) is 12.5 Å². The van der Waals surface area contributed by atoms with Crippen molar-refractivity contribution >= 4 is 6.09 Å². The predicted octanol–water partition coefficient (Wildman–Crippen LogP) is 4.63. The molecule has 0 radical (unpaired) electrons. The molecule has 0 aliphatic carbocycles. The standard InChI is InChI=1S/C22H35NO5/c1-7-11-21(28-16-25-5)19(14-17(3)4)23(22(24)27-8-2)15-18-12-9-10-13-20(18)26-6/h7,9-13,17,19,21H,8,14-16H2,1-6H3/b11-7+/t19-,21-/m0/s1. The summed E-state index contributed by atoms with van der Waals surface area (Å²) in [6.45, 7) is 8.82. The summed E-state index contributed by atoms with van der Waals surface area (Å²) in [5.74, 6) is 1.10. The Kier molecular flexibility index (Phi) is 11.3. The largest absolute Gasteiger partial charge is 0.496 e. The van der Waals surface area contributed by atoms with Gasteiger partial charge < -0.3 is 18.9 Å². The maximum Gasteiger partial charge on any atom is 0.410 e. The summed E-state index contributed by atoms with van der Waals surface area (Å²) in [4.78, 5) is 14.6. The van der Waals surface area contributed by atoms with Gasteiger partial charge in [-0.05, 0) is 32.3 Å². The van der Waals surface area contributed by atoms with Gasteiger partial charge in [0, 0.05) is 12.7 Å². The molecule has 1 rings (SSSR count). The van der Waals surface area contributed by atoms with Gasteiger partial charge in [-0.1, -0.05) is 44.2 Å². The van der Waals surface area contributed by atoms with Crippen LogP contribution in [0.5, 0.6) is 5.75 Å². The van der Waals surface area contributed by atoms with Crippen molar-refractivity contribution < 1.29 is 23.7 Å². The van der Waals surface area contributed by atoms with Crippen molar-refractivity contribution in [3.05, 3.63) is 42.0 Å². The fourth-order valence-corrected chi connectivity index (χ4v) is 3.09. The highest BCUT2D eigenvalue weighted by Gasteiger charge is 2.32. The second kappa shape index (κ2) is 13.2. The van der Waals surface area contributed by atoms with Crippen molar-refractivity contribution in [2.24, 2.45) is 5.92 Å². The summed E-state index contributed by atoms with van der Waals surface area (Å²) in [6.07, 6.45) is 3.97. The zero-order valence-electron chi connectivity index (χ0n) is 18.0. The Hall–Kier alpha value is -2.05. The van der Waals surface area contributed by atoms with E-state index in [2.05, 4.69) is 13.8 Å². The van der Waals surface area contributed by atoms with Crippen LogP contribution in [0.25, 0.3) is 0 Å². The van der Waals surface area contributed by atoms with E-state index in [4.69, 9.17) is 18.9 Å². The summed E-state index contributed by atoms with van der Waals surface area (Å²) in [6, 6.07) is 7.48. The molecule has 0 bridgehead atoms. The Morgan fingerprint density at radius 2 is 1.93 bits per heavy atom. The second-order valence-electron chi connectivity index (χ2n) is 6.90. The lowest BCUT2D eigenvalue weighted by Gasteiger charge is -2.36. The molecule has 0 aliphatic rings. The Morgan fingerprint density at radius 1 is 1.21 bits per heavy atom. The highest BCUT2D eigenvalue weighted by molar-refractivity contribution is 5.68. The van der Waals surface area contributed by atoms with Gasteiger partial charge in [0.2, 0.25) is 0 Å². The third kappa shape index (κ3) is 7.52. The van der Waals surface area contributed by atoms with Crippen LogP contribution in [0.3, 0.4) is 0 Å². The number of carbonyl (C=O) groups excluding carboxylic acids is 1. The van der Waals surface area contributed by atoms with Crippen LogP contribution < -0.4 is 4.74 Å². The van der Waals surface area contributed by atoms with E-state index in [0.29, 0.717) is 19.1 Å². The zero-order chi connectivity index (χ0) is 20.9. The van der Waals surface area contributed by atoms with Gasteiger partial charge in [0.05, 0.1) is 32.4 Å².